The largest absolute Gasteiger partial charge is 0.370 e. The first-order valence-corrected chi connectivity index (χ1v) is 6.30. The Morgan fingerprint density at radius 1 is 1.33 bits per heavy atom. The van der Waals surface area contributed by atoms with E-state index < -0.39 is 0 Å². The number of nitrogens with two attached hydrogens (primary N) is 1. The fraction of sp³-hybridized carbons (Fsp3) is 0.455. The van der Waals surface area contributed by atoms with Gasteiger partial charge in [-0.25, -0.2) is 0 Å². The average molecular weight is 290 g/mol. The molecule has 0 atom stereocenters. The molecule has 2 N–H and O–H groups in total. The lowest BCUT2D eigenvalue weighted by Gasteiger charge is -2.32. The van der Waals surface area contributed by atoms with Gasteiger partial charge in [-0.2, -0.15) is 0 Å². The lowest BCUT2D eigenvalue weighted by atomic mass is 10.1. The van der Waals surface area contributed by atoms with Gasteiger partial charge in [0.15, 0.2) is 0 Å². The monoisotopic (exact) mass is 288 g/mol. The van der Waals surface area contributed by atoms with Gasteiger partial charge in [0.1, 0.15) is 0 Å². The van der Waals surface area contributed by atoms with Gasteiger partial charge in [0.2, 0.25) is 0 Å². The fourth-order valence-electron chi connectivity index (χ4n) is 1.88. The van der Waals surface area contributed by atoms with Gasteiger partial charge in [-0.3, -0.25) is 0 Å². The Morgan fingerprint density at radius 3 is 2.67 bits per heavy atom. The minimum atomic E-state index is 0.360. The first kappa shape index (κ1) is 11.2. The van der Waals surface area contributed by atoms with E-state index in [0.29, 0.717) is 6.04 Å². The molecule has 82 valence electrons. The van der Waals surface area contributed by atoms with Crippen molar-refractivity contribution < 1.29 is 0 Å². The molecule has 1 aromatic carbocycles. The second kappa shape index (κ2) is 4.73. The SMILES string of the molecule is NC1CCN(c2cccc(Cl)c2Br)CC1. The van der Waals surface area contributed by atoms with Gasteiger partial charge < -0.3 is 10.6 Å². The van der Waals surface area contributed by atoms with Crippen molar-refractivity contribution >= 4 is 33.2 Å². The topological polar surface area (TPSA) is 29.3 Å². The van der Waals surface area contributed by atoms with Crippen molar-refractivity contribution in [2.24, 2.45) is 5.73 Å². The van der Waals surface area contributed by atoms with Gasteiger partial charge in [0.25, 0.3) is 0 Å². The zero-order valence-electron chi connectivity index (χ0n) is 8.42. The molecule has 0 radical (unpaired) electrons. The predicted octanol–water partition coefficient (Wildman–Crippen LogP) is 3.03. The third kappa shape index (κ3) is 2.47. The van der Waals surface area contributed by atoms with Gasteiger partial charge in [-0.05, 0) is 40.9 Å². The maximum Gasteiger partial charge on any atom is 0.0595 e. The van der Waals surface area contributed by atoms with E-state index in [4.69, 9.17) is 17.3 Å². The van der Waals surface area contributed by atoms with Crippen LogP contribution in [0.4, 0.5) is 5.69 Å². The molecule has 15 heavy (non-hydrogen) atoms. The van der Waals surface area contributed by atoms with E-state index in [1.54, 1.807) is 0 Å². The molecule has 2 nitrogen and oxygen atoms in total. The van der Waals surface area contributed by atoms with Crippen LogP contribution in [-0.4, -0.2) is 19.1 Å². The summed E-state index contributed by atoms with van der Waals surface area (Å²) in [5.74, 6) is 0. The van der Waals surface area contributed by atoms with Crippen molar-refractivity contribution in [1.29, 1.82) is 0 Å². The molecule has 0 aromatic heterocycles. The van der Waals surface area contributed by atoms with Gasteiger partial charge in [-0.15, -0.1) is 0 Å². The normalized spacial score (nSPS) is 18.2. The number of hydrogen-bond donors (Lipinski definition) is 1. The molecule has 4 heteroatoms. The minimum absolute atomic E-state index is 0.360. The standard InChI is InChI=1S/C11H14BrClN2/c12-11-9(13)2-1-3-10(11)15-6-4-8(14)5-7-15/h1-3,8H,4-7,14H2. The van der Waals surface area contributed by atoms with Gasteiger partial charge in [0.05, 0.1) is 15.2 Å². The molecule has 0 saturated carbocycles. The summed E-state index contributed by atoms with van der Waals surface area (Å²) in [4.78, 5) is 2.33. The minimum Gasteiger partial charge on any atom is -0.370 e. The van der Waals surface area contributed by atoms with E-state index in [-0.39, 0.29) is 0 Å². The number of nitrogens with zero attached hydrogens (tertiary/aromatic N) is 1. The summed E-state index contributed by atoms with van der Waals surface area (Å²) in [5.41, 5.74) is 7.05. The van der Waals surface area contributed by atoms with Crippen LogP contribution in [0.25, 0.3) is 0 Å². The number of hydrogen-bond acceptors (Lipinski definition) is 2. The first-order valence-electron chi connectivity index (χ1n) is 5.13. The predicted molar refractivity (Wildman–Crippen MR) is 68.6 cm³/mol. The second-order valence-electron chi connectivity index (χ2n) is 3.90. The summed E-state index contributed by atoms with van der Waals surface area (Å²) in [6.45, 7) is 2.03. The van der Waals surface area contributed by atoms with Crippen LogP contribution in [0.3, 0.4) is 0 Å². The maximum atomic E-state index is 6.06. The zero-order chi connectivity index (χ0) is 10.8. The average Bonchev–Trinajstić information content (AvgIpc) is 2.24. The maximum absolute atomic E-state index is 6.06. The van der Waals surface area contributed by atoms with Crippen molar-refractivity contribution in [2.75, 3.05) is 18.0 Å². The summed E-state index contributed by atoms with van der Waals surface area (Å²) in [6, 6.07) is 6.33. The molecule has 2 rings (SSSR count). The first-order chi connectivity index (χ1) is 7.18. The van der Waals surface area contributed by atoms with Crippen molar-refractivity contribution in [2.45, 2.75) is 18.9 Å². The highest BCUT2D eigenvalue weighted by molar-refractivity contribution is 9.10. The smallest absolute Gasteiger partial charge is 0.0595 e. The molecule has 1 fully saturated rings. The molecule has 0 spiro atoms. The summed E-state index contributed by atoms with van der Waals surface area (Å²) in [6.07, 6.45) is 2.11. The van der Waals surface area contributed by atoms with E-state index in [2.05, 4.69) is 26.9 Å². The lowest BCUT2D eigenvalue weighted by Crippen LogP contribution is -2.39. The van der Waals surface area contributed by atoms with Gasteiger partial charge >= 0.3 is 0 Å². The molecular formula is C11H14BrClN2. The Hall–Kier alpha value is -0.250. The Labute approximate surface area is 104 Å². The Bertz CT molecular complexity index is 348. The van der Waals surface area contributed by atoms with Crippen molar-refractivity contribution in [1.82, 2.24) is 0 Å². The van der Waals surface area contributed by atoms with Crippen LogP contribution in [-0.2, 0) is 0 Å². The molecule has 1 aromatic rings. The third-order valence-electron chi connectivity index (χ3n) is 2.81. The Kier molecular flexibility index (Phi) is 3.54. The van der Waals surface area contributed by atoms with E-state index >= 15 is 0 Å². The number of halogens is 2. The molecule has 1 aliphatic heterocycles. The molecule has 0 amide bonds. The van der Waals surface area contributed by atoms with E-state index in [9.17, 15) is 0 Å². The summed E-state index contributed by atoms with van der Waals surface area (Å²) in [5, 5.41) is 0.766. The molecule has 0 unspecified atom stereocenters. The second-order valence-corrected chi connectivity index (χ2v) is 5.10. The van der Waals surface area contributed by atoms with Gasteiger partial charge in [0, 0.05) is 19.1 Å². The van der Waals surface area contributed by atoms with Crippen LogP contribution in [0.15, 0.2) is 22.7 Å². The van der Waals surface area contributed by atoms with E-state index in [1.165, 1.54) is 5.69 Å². The van der Waals surface area contributed by atoms with Crippen molar-refractivity contribution in [3.05, 3.63) is 27.7 Å². The fourth-order valence-corrected chi connectivity index (χ4v) is 2.56. The summed E-state index contributed by atoms with van der Waals surface area (Å²) >= 11 is 9.59. The zero-order valence-corrected chi connectivity index (χ0v) is 10.8. The molecule has 1 aliphatic rings. The van der Waals surface area contributed by atoms with Crippen molar-refractivity contribution in [3.8, 4) is 0 Å². The number of piperidine rings is 1. The van der Waals surface area contributed by atoms with Gasteiger partial charge in [-0.1, -0.05) is 17.7 Å². The quantitative estimate of drug-likeness (QED) is 0.861. The number of rotatable bonds is 1. The van der Waals surface area contributed by atoms with Crippen LogP contribution >= 0.6 is 27.5 Å². The Morgan fingerprint density at radius 2 is 2.00 bits per heavy atom. The van der Waals surface area contributed by atoms with Crippen LogP contribution in [0, 0.1) is 0 Å². The molecule has 1 heterocycles. The van der Waals surface area contributed by atoms with Crippen LogP contribution in [0.5, 0.6) is 0 Å². The highest BCUT2D eigenvalue weighted by atomic mass is 79.9. The molecular weight excluding hydrogens is 275 g/mol. The summed E-state index contributed by atoms with van der Waals surface area (Å²) < 4.78 is 0.988. The number of benzene rings is 1. The van der Waals surface area contributed by atoms with Crippen LogP contribution < -0.4 is 10.6 Å². The molecule has 1 saturated heterocycles. The van der Waals surface area contributed by atoms with Crippen molar-refractivity contribution in [3.63, 3.8) is 0 Å². The van der Waals surface area contributed by atoms with E-state index in [0.717, 1.165) is 35.4 Å². The Balaban J connectivity index is 2.19. The highest BCUT2D eigenvalue weighted by Gasteiger charge is 2.18. The summed E-state index contributed by atoms with van der Waals surface area (Å²) in [7, 11) is 0. The molecule has 0 aliphatic carbocycles. The van der Waals surface area contributed by atoms with E-state index in [1.807, 2.05) is 12.1 Å². The van der Waals surface area contributed by atoms with Crippen LogP contribution in [0.1, 0.15) is 12.8 Å². The highest BCUT2D eigenvalue weighted by Crippen LogP contribution is 2.33. The van der Waals surface area contributed by atoms with Crippen LogP contribution in [0.2, 0.25) is 5.02 Å². The third-order valence-corrected chi connectivity index (χ3v) is 4.19. The lowest BCUT2D eigenvalue weighted by molar-refractivity contribution is 0.501. The number of anilines is 1. The molecule has 0 bridgehead atoms.